The van der Waals surface area contributed by atoms with E-state index in [4.69, 9.17) is 4.74 Å². The molecule has 2 aromatic heterocycles. The van der Waals surface area contributed by atoms with Crippen LogP contribution in [-0.4, -0.2) is 24.2 Å². The Labute approximate surface area is 186 Å². The Bertz CT molecular complexity index is 1520. The van der Waals surface area contributed by atoms with Crippen LogP contribution in [0.4, 0.5) is 18.9 Å². The molecule has 2 aromatic carbocycles. The number of nitrogens with zero attached hydrogens (tertiary/aromatic N) is 1. The molecule has 2 heterocycles. The molecule has 0 unspecified atom stereocenters. The quantitative estimate of drug-likeness (QED) is 0.435. The average molecular weight is 477 g/mol. The summed E-state index contributed by atoms with van der Waals surface area (Å²) in [5.74, 6) is -0.364. The Hall–Kier alpha value is -3.73. The number of aromatic amines is 1. The number of halogens is 3. The number of nitrogens with one attached hydrogen (secondary N) is 2. The molecule has 172 valence electrons. The highest BCUT2D eigenvalue weighted by Gasteiger charge is 2.34. The Kier molecular flexibility index (Phi) is 5.44. The molecule has 0 saturated carbocycles. The fourth-order valence-corrected chi connectivity index (χ4v) is 4.05. The number of rotatable bonds is 5. The monoisotopic (exact) mass is 477 g/mol. The van der Waals surface area contributed by atoms with Crippen LogP contribution >= 0.6 is 0 Å². The number of alkyl halides is 3. The van der Waals surface area contributed by atoms with E-state index in [0.717, 1.165) is 12.3 Å². The second kappa shape index (κ2) is 8.00. The normalized spacial score (nSPS) is 12.2. The zero-order valence-corrected chi connectivity index (χ0v) is 18.2. The number of fused-ring (bicyclic) bond motifs is 1. The maximum absolute atomic E-state index is 13.5. The van der Waals surface area contributed by atoms with Gasteiger partial charge in [0, 0.05) is 41.6 Å². The van der Waals surface area contributed by atoms with E-state index in [1.165, 1.54) is 54.2 Å². The van der Waals surface area contributed by atoms with Gasteiger partial charge in [-0.1, -0.05) is 12.1 Å². The van der Waals surface area contributed by atoms with Gasteiger partial charge in [-0.05, 0) is 36.4 Å². The van der Waals surface area contributed by atoms with Crippen LogP contribution in [0.1, 0.15) is 5.56 Å². The minimum atomic E-state index is -4.64. The van der Waals surface area contributed by atoms with Crippen molar-refractivity contribution in [2.75, 3.05) is 11.0 Å². The molecule has 0 aliphatic heterocycles. The summed E-state index contributed by atoms with van der Waals surface area (Å²) in [5, 5.41) is 0.503. The van der Waals surface area contributed by atoms with E-state index in [9.17, 15) is 26.4 Å². The summed E-state index contributed by atoms with van der Waals surface area (Å²) in [7, 11) is -2.09. The largest absolute Gasteiger partial charge is 0.456 e. The average Bonchev–Trinajstić information content (AvgIpc) is 3.21. The highest BCUT2D eigenvalue weighted by Crippen LogP contribution is 2.42. The van der Waals surface area contributed by atoms with Crippen molar-refractivity contribution in [3.63, 3.8) is 0 Å². The fourth-order valence-electron chi connectivity index (χ4n) is 3.50. The van der Waals surface area contributed by atoms with Crippen LogP contribution < -0.4 is 15.0 Å². The molecule has 0 aliphatic carbocycles. The molecule has 4 rings (SSSR count). The van der Waals surface area contributed by atoms with E-state index in [2.05, 4.69) is 9.71 Å². The van der Waals surface area contributed by atoms with E-state index in [-0.39, 0.29) is 22.5 Å². The number of aromatic nitrogens is 2. The van der Waals surface area contributed by atoms with E-state index in [1.54, 1.807) is 12.3 Å². The predicted octanol–water partition coefficient (Wildman–Crippen LogP) is 4.72. The third kappa shape index (κ3) is 4.58. The fraction of sp³-hybridized carbons (Fsp3) is 0.136. The summed E-state index contributed by atoms with van der Waals surface area (Å²) in [6.07, 6.45) is -0.583. The summed E-state index contributed by atoms with van der Waals surface area (Å²) < 4.78 is 73.3. The number of hydrogen-bond donors (Lipinski definition) is 2. The first-order valence-electron chi connectivity index (χ1n) is 9.57. The molecule has 0 fully saturated rings. The molecular weight excluding hydrogens is 459 g/mol. The molecule has 0 bridgehead atoms. The smallest absolute Gasteiger partial charge is 0.419 e. The molecule has 0 spiro atoms. The Morgan fingerprint density at radius 3 is 2.45 bits per heavy atom. The molecule has 11 heteroatoms. The van der Waals surface area contributed by atoms with Crippen LogP contribution in [0.25, 0.3) is 22.0 Å². The molecule has 0 radical (unpaired) electrons. The van der Waals surface area contributed by atoms with Gasteiger partial charge in [0.2, 0.25) is 10.0 Å². The second-order valence-corrected chi connectivity index (χ2v) is 9.15. The summed E-state index contributed by atoms with van der Waals surface area (Å²) >= 11 is 0. The van der Waals surface area contributed by atoms with E-state index in [1.807, 2.05) is 0 Å². The van der Waals surface area contributed by atoms with Crippen molar-refractivity contribution < 1.29 is 26.3 Å². The zero-order chi connectivity index (χ0) is 24.0. The second-order valence-electron chi connectivity index (χ2n) is 7.41. The highest BCUT2D eigenvalue weighted by molar-refractivity contribution is 7.92. The van der Waals surface area contributed by atoms with Crippen molar-refractivity contribution in [2.45, 2.75) is 6.18 Å². The molecule has 0 saturated heterocycles. The van der Waals surface area contributed by atoms with Crippen molar-refractivity contribution in [3.05, 3.63) is 76.8 Å². The number of sulfonamides is 1. The number of aryl methyl sites for hydroxylation is 1. The predicted molar refractivity (Wildman–Crippen MR) is 119 cm³/mol. The Balaban J connectivity index is 1.95. The summed E-state index contributed by atoms with van der Waals surface area (Å²) in [4.78, 5) is 15.3. The van der Waals surface area contributed by atoms with Gasteiger partial charge in [0.05, 0.1) is 11.8 Å². The van der Waals surface area contributed by atoms with E-state index >= 15 is 0 Å². The van der Waals surface area contributed by atoms with Crippen LogP contribution in [0.2, 0.25) is 0 Å². The standard InChI is InChI=1S/C22H18F3N3O4S/c1-28-12-16(14-9-10-26-20(14)21(28)29)15-11-13(27-33(2,30)31)7-8-18(15)32-19-6-4-3-5-17(19)22(23,24)25/h3-12,26-27H,1-2H3. The Morgan fingerprint density at radius 1 is 1.03 bits per heavy atom. The highest BCUT2D eigenvalue weighted by atomic mass is 32.2. The molecule has 0 atom stereocenters. The van der Waals surface area contributed by atoms with Gasteiger partial charge in [-0.3, -0.25) is 9.52 Å². The summed E-state index contributed by atoms with van der Waals surface area (Å²) in [6.45, 7) is 0. The third-order valence-corrected chi connectivity index (χ3v) is 5.49. The first-order chi connectivity index (χ1) is 15.4. The van der Waals surface area contributed by atoms with Gasteiger partial charge in [0.25, 0.3) is 5.56 Å². The number of H-pyrrole nitrogens is 1. The zero-order valence-electron chi connectivity index (χ0n) is 17.4. The summed E-state index contributed by atoms with van der Waals surface area (Å²) in [6, 6.07) is 10.6. The lowest BCUT2D eigenvalue weighted by Crippen LogP contribution is -2.16. The molecular formula is C22H18F3N3O4S. The number of anilines is 1. The molecule has 33 heavy (non-hydrogen) atoms. The van der Waals surface area contributed by atoms with Crippen LogP contribution in [0.3, 0.4) is 0 Å². The van der Waals surface area contributed by atoms with E-state index < -0.39 is 27.5 Å². The van der Waals surface area contributed by atoms with Gasteiger partial charge in [0.15, 0.2) is 0 Å². The number of para-hydroxylation sites is 1. The van der Waals surface area contributed by atoms with Gasteiger partial charge in [-0.2, -0.15) is 13.2 Å². The van der Waals surface area contributed by atoms with Crippen molar-refractivity contribution in [3.8, 4) is 22.6 Å². The maximum atomic E-state index is 13.5. The summed E-state index contributed by atoms with van der Waals surface area (Å²) in [5.41, 5.74) is -0.0268. The van der Waals surface area contributed by atoms with Crippen LogP contribution in [0.15, 0.2) is 65.7 Å². The molecule has 7 nitrogen and oxygen atoms in total. The number of hydrogen-bond acceptors (Lipinski definition) is 4. The van der Waals surface area contributed by atoms with Crippen molar-refractivity contribution >= 4 is 26.6 Å². The number of ether oxygens (including phenoxy) is 1. The molecule has 0 aliphatic rings. The molecule has 4 aromatic rings. The van der Waals surface area contributed by atoms with Gasteiger partial charge in [-0.15, -0.1) is 0 Å². The maximum Gasteiger partial charge on any atom is 0.419 e. The lowest BCUT2D eigenvalue weighted by atomic mass is 10.0. The van der Waals surface area contributed by atoms with Gasteiger partial charge >= 0.3 is 6.18 Å². The van der Waals surface area contributed by atoms with Crippen LogP contribution in [-0.2, 0) is 23.2 Å². The van der Waals surface area contributed by atoms with E-state index in [0.29, 0.717) is 16.5 Å². The topological polar surface area (TPSA) is 93.2 Å². The first-order valence-corrected chi connectivity index (χ1v) is 11.5. The van der Waals surface area contributed by atoms with Crippen molar-refractivity contribution in [2.24, 2.45) is 7.05 Å². The van der Waals surface area contributed by atoms with Gasteiger partial charge in [-0.25, -0.2) is 8.42 Å². The van der Waals surface area contributed by atoms with Gasteiger partial charge in [0.1, 0.15) is 17.0 Å². The minimum Gasteiger partial charge on any atom is -0.456 e. The third-order valence-electron chi connectivity index (χ3n) is 4.88. The van der Waals surface area contributed by atoms with Gasteiger partial charge < -0.3 is 14.3 Å². The van der Waals surface area contributed by atoms with Crippen molar-refractivity contribution in [1.29, 1.82) is 0 Å². The van der Waals surface area contributed by atoms with Crippen LogP contribution in [0.5, 0.6) is 11.5 Å². The SMILES string of the molecule is Cn1cc(-c2cc(NS(C)(=O)=O)ccc2Oc2ccccc2C(F)(F)F)c2cc[nH]c2c1=O. The lowest BCUT2D eigenvalue weighted by molar-refractivity contribution is -0.138. The minimum absolute atomic E-state index is 0.0481. The van der Waals surface area contributed by atoms with Crippen molar-refractivity contribution in [1.82, 2.24) is 9.55 Å². The lowest BCUT2D eigenvalue weighted by Gasteiger charge is -2.18. The molecule has 0 amide bonds. The first kappa shape index (κ1) is 22.5. The van der Waals surface area contributed by atoms with Crippen LogP contribution in [0, 0.1) is 0 Å². The molecule has 2 N–H and O–H groups in total. The Morgan fingerprint density at radius 2 is 1.76 bits per heavy atom. The number of pyridine rings is 1. The number of benzene rings is 2.